The predicted molar refractivity (Wildman–Crippen MR) is 104 cm³/mol. The highest BCUT2D eigenvalue weighted by molar-refractivity contribution is 7.89. The van der Waals surface area contributed by atoms with Gasteiger partial charge >= 0.3 is 12.1 Å². The van der Waals surface area contributed by atoms with Crippen molar-refractivity contribution in [1.29, 1.82) is 0 Å². The number of hydrogen-bond acceptors (Lipinski definition) is 6. The number of carbonyl (C=O) groups is 1. The van der Waals surface area contributed by atoms with Crippen molar-refractivity contribution < 1.29 is 31.5 Å². The number of carboxylic acids is 1. The minimum Gasteiger partial charge on any atom is -0.475 e. The van der Waals surface area contributed by atoms with Gasteiger partial charge in [-0.1, -0.05) is 18.6 Å². The van der Waals surface area contributed by atoms with Gasteiger partial charge in [0.15, 0.2) is 0 Å². The topological polar surface area (TPSA) is 131 Å². The van der Waals surface area contributed by atoms with Gasteiger partial charge < -0.3 is 10.8 Å². The lowest BCUT2D eigenvalue weighted by molar-refractivity contribution is -0.192. The van der Waals surface area contributed by atoms with Gasteiger partial charge in [0, 0.05) is 19.6 Å². The lowest BCUT2D eigenvalue weighted by atomic mass is 9.99. The molecule has 0 saturated carbocycles. The molecule has 174 valence electrons. The van der Waals surface area contributed by atoms with Gasteiger partial charge in [-0.15, -0.1) is 5.10 Å². The number of halogens is 3. The van der Waals surface area contributed by atoms with Crippen molar-refractivity contribution in [2.75, 3.05) is 18.8 Å². The van der Waals surface area contributed by atoms with E-state index in [2.05, 4.69) is 10.3 Å². The molecule has 1 aromatic heterocycles. The Bertz CT molecular complexity index is 790. The summed E-state index contributed by atoms with van der Waals surface area (Å²) in [5.41, 5.74) is 6.26. The number of aromatic nitrogens is 3. The molecular weight excluding hydrogens is 427 g/mol. The fourth-order valence-corrected chi connectivity index (χ4v) is 4.59. The Hall–Kier alpha value is -1.73. The quantitative estimate of drug-likeness (QED) is 0.640. The average Bonchev–Trinajstić information content (AvgIpc) is 3.09. The average molecular weight is 458 g/mol. The van der Waals surface area contributed by atoms with Crippen molar-refractivity contribution in [3.05, 3.63) is 11.9 Å². The third kappa shape index (κ3) is 8.56. The van der Waals surface area contributed by atoms with Gasteiger partial charge in [-0.3, -0.25) is 4.68 Å². The Morgan fingerprint density at radius 1 is 1.37 bits per heavy atom. The highest BCUT2D eigenvalue weighted by Gasteiger charge is 2.38. The number of nitrogens with zero attached hydrogens (tertiary/aromatic N) is 4. The van der Waals surface area contributed by atoms with Crippen molar-refractivity contribution in [3.63, 3.8) is 0 Å². The van der Waals surface area contributed by atoms with Gasteiger partial charge in [0.1, 0.15) is 5.69 Å². The van der Waals surface area contributed by atoms with Gasteiger partial charge in [0.05, 0.1) is 17.5 Å². The van der Waals surface area contributed by atoms with Crippen molar-refractivity contribution in [3.8, 4) is 0 Å². The molecule has 1 aliphatic heterocycles. The van der Waals surface area contributed by atoms with Crippen molar-refractivity contribution >= 4 is 16.0 Å². The summed E-state index contributed by atoms with van der Waals surface area (Å²) in [4.78, 5) is 8.90. The van der Waals surface area contributed by atoms with E-state index in [0.717, 1.165) is 31.4 Å². The number of sulfonamides is 1. The molecule has 30 heavy (non-hydrogen) atoms. The van der Waals surface area contributed by atoms with Crippen LogP contribution in [0.3, 0.4) is 0 Å². The van der Waals surface area contributed by atoms with Crippen molar-refractivity contribution in [2.24, 2.45) is 11.7 Å². The maximum atomic E-state index is 12.4. The molecule has 2 rings (SSSR count). The number of piperidine rings is 1. The lowest BCUT2D eigenvalue weighted by Crippen LogP contribution is -2.42. The Morgan fingerprint density at radius 2 is 1.97 bits per heavy atom. The summed E-state index contributed by atoms with van der Waals surface area (Å²) in [6.45, 7) is 7.70. The van der Waals surface area contributed by atoms with Gasteiger partial charge in [-0.05, 0) is 39.0 Å². The molecule has 1 aliphatic rings. The zero-order chi connectivity index (χ0) is 23.2. The predicted octanol–water partition coefficient (Wildman–Crippen LogP) is 1.95. The summed E-state index contributed by atoms with van der Waals surface area (Å²) in [7, 11) is -3.12. The molecule has 0 aliphatic carbocycles. The maximum absolute atomic E-state index is 12.4. The Kier molecular flexibility index (Phi) is 9.24. The highest BCUT2D eigenvalue weighted by Crippen LogP contribution is 2.22. The fourth-order valence-electron chi connectivity index (χ4n) is 2.83. The number of unbranched alkanes of at least 4 members (excludes halogenated alkanes) is 1. The molecule has 0 amide bonds. The molecule has 2 heterocycles. The van der Waals surface area contributed by atoms with Crippen LogP contribution in [-0.4, -0.2) is 63.8 Å². The first-order valence-electron chi connectivity index (χ1n) is 9.64. The van der Waals surface area contributed by atoms with Gasteiger partial charge in [0.25, 0.3) is 0 Å². The van der Waals surface area contributed by atoms with E-state index in [1.807, 2.05) is 27.0 Å². The lowest BCUT2D eigenvalue weighted by Gasteiger charge is -2.31. The van der Waals surface area contributed by atoms with Crippen LogP contribution in [0.4, 0.5) is 13.2 Å². The molecule has 0 radical (unpaired) electrons. The smallest absolute Gasteiger partial charge is 0.475 e. The summed E-state index contributed by atoms with van der Waals surface area (Å²) in [5.74, 6) is -2.23. The second kappa shape index (κ2) is 10.5. The van der Waals surface area contributed by atoms with Crippen LogP contribution in [0.25, 0.3) is 0 Å². The standard InChI is InChI=1S/C15H29N5O2S.C2HF3O2/c1-4-5-9-23(21,22)20-8-6-7-13(11-20)10-19-12-14(17-18-19)15(2,3)16;3-2(4,5)1(6)7/h12-13H,4-11,16H2,1-3H3;(H,6,7). The van der Waals surface area contributed by atoms with E-state index in [0.29, 0.717) is 19.6 Å². The van der Waals surface area contributed by atoms with E-state index in [9.17, 15) is 21.6 Å². The number of carboxylic acid groups (broad SMARTS) is 1. The molecule has 3 N–H and O–H groups in total. The molecule has 1 saturated heterocycles. The van der Waals surface area contributed by atoms with E-state index in [1.54, 1.807) is 8.99 Å². The summed E-state index contributed by atoms with van der Waals surface area (Å²) < 4.78 is 59.9. The van der Waals surface area contributed by atoms with Gasteiger partial charge in [-0.25, -0.2) is 17.5 Å². The number of nitrogens with two attached hydrogens (primary N) is 1. The largest absolute Gasteiger partial charge is 0.490 e. The van der Waals surface area contributed by atoms with Gasteiger partial charge in [-0.2, -0.15) is 13.2 Å². The summed E-state index contributed by atoms with van der Waals surface area (Å²) in [6.07, 6.45) is 0.320. The monoisotopic (exact) mass is 457 g/mol. The van der Waals surface area contributed by atoms with E-state index in [4.69, 9.17) is 15.6 Å². The summed E-state index contributed by atoms with van der Waals surface area (Å²) >= 11 is 0. The number of rotatable bonds is 7. The molecule has 1 unspecified atom stereocenters. The molecular formula is C17H30F3N5O4S. The normalized spacial score (nSPS) is 18.6. The second-order valence-corrected chi connectivity index (χ2v) is 9.97. The first-order chi connectivity index (χ1) is 13.7. The van der Waals surface area contributed by atoms with Crippen molar-refractivity contribution in [2.45, 2.75) is 64.7 Å². The third-order valence-corrected chi connectivity index (χ3v) is 6.44. The molecule has 0 aromatic carbocycles. The molecule has 0 bridgehead atoms. The van der Waals surface area contributed by atoms with Crippen LogP contribution in [0, 0.1) is 5.92 Å². The van der Waals surface area contributed by atoms with Crippen LogP contribution in [0.2, 0.25) is 0 Å². The minimum absolute atomic E-state index is 0.255. The zero-order valence-corrected chi connectivity index (χ0v) is 18.2. The molecule has 9 nitrogen and oxygen atoms in total. The van der Waals surface area contributed by atoms with Gasteiger partial charge in [0.2, 0.25) is 10.0 Å². The molecule has 13 heteroatoms. The number of aliphatic carboxylic acids is 1. The maximum Gasteiger partial charge on any atom is 0.490 e. The van der Waals surface area contributed by atoms with Crippen molar-refractivity contribution in [1.82, 2.24) is 19.3 Å². The zero-order valence-electron chi connectivity index (χ0n) is 17.4. The number of hydrogen-bond donors (Lipinski definition) is 2. The molecule has 1 aromatic rings. The Morgan fingerprint density at radius 3 is 2.43 bits per heavy atom. The van der Waals surface area contributed by atoms with Crippen LogP contribution in [0.1, 0.15) is 52.1 Å². The van der Waals surface area contributed by atoms with E-state index < -0.39 is 27.7 Å². The molecule has 1 fully saturated rings. The molecule has 1 atom stereocenters. The first kappa shape index (κ1) is 26.3. The SMILES string of the molecule is CCCCS(=O)(=O)N1CCCC(Cn2cc(C(C)(C)N)nn2)C1.O=C(O)C(F)(F)F. The van der Waals surface area contributed by atoms with E-state index in [1.165, 1.54) is 0 Å². The molecule has 0 spiro atoms. The highest BCUT2D eigenvalue weighted by atomic mass is 32.2. The minimum atomic E-state index is -5.08. The summed E-state index contributed by atoms with van der Waals surface area (Å²) in [5, 5.41) is 15.4. The van der Waals surface area contributed by atoms with E-state index in [-0.39, 0.29) is 11.7 Å². The summed E-state index contributed by atoms with van der Waals surface area (Å²) in [6, 6.07) is 0. The number of alkyl halides is 3. The van der Waals surface area contributed by atoms with Crippen LogP contribution < -0.4 is 5.73 Å². The van der Waals surface area contributed by atoms with Crippen LogP contribution in [0.15, 0.2) is 6.20 Å². The van der Waals surface area contributed by atoms with Crippen LogP contribution in [-0.2, 0) is 26.9 Å². The second-order valence-electron chi connectivity index (χ2n) is 7.89. The Labute approximate surface area is 174 Å². The Balaban J connectivity index is 0.000000553. The first-order valence-corrected chi connectivity index (χ1v) is 11.2. The van der Waals surface area contributed by atoms with E-state index >= 15 is 0 Å². The third-order valence-electron chi connectivity index (χ3n) is 4.52. The van der Waals surface area contributed by atoms with Crippen LogP contribution in [0.5, 0.6) is 0 Å². The fraction of sp³-hybridized carbons (Fsp3) is 0.824. The van der Waals surface area contributed by atoms with Crippen LogP contribution >= 0.6 is 0 Å².